The molecule has 1 aliphatic carbocycles. The lowest BCUT2D eigenvalue weighted by molar-refractivity contribution is -0.117. The zero-order valence-electron chi connectivity index (χ0n) is 18.9. The Bertz CT molecular complexity index is 923. The third-order valence-corrected chi connectivity index (χ3v) is 7.72. The van der Waals surface area contributed by atoms with Crippen molar-refractivity contribution in [3.63, 3.8) is 0 Å². The Hall–Kier alpha value is -2.24. The van der Waals surface area contributed by atoms with Crippen LogP contribution in [0.5, 0.6) is 0 Å². The fourth-order valence-corrected chi connectivity index (χ4v) is 5.97. The normalized spacial score (nSPS) is 34.0. The van der Waals surface area contributed by atoms with Crippen molar-refractivity contribution in [3.05, 3.63) is 23.8 Å². The van der Waals surface area contributed by atoms with Crippen LogP contribution in [0.15, 0.2) is 18.2 Å². The summed E-state index contributed by atoms with van der Waals surface area (Å²) >= 11 is 0. The Morgan fingerprint density at radius 1 is 1.17 bits per heavy atom. The number of benzene rings is 1. The van der Waals surface area contributed by atoms with E-state index in [1.807, 2.05) is 30.6 Å². The first-order valence-electron chi connectivity index (χ1n) is 11.2. The van der Waals surface area contributed by atoms with Gasteiger partial charge in [0.25, 0.3) is 0 Å². The number of anilines is 2. The number of ether oxygens (including phenoxy) is 1. The van der Waals surface area contributed by atoms with Crippen LogP contribution in [0, 0.1) is 11.3 Å². The van der Waals surface area contributed by atoms with E-state index in [2.05, 4.69) is 36.9 Å². The average Bonchev–Trinajstić information content (AvgIpc) is 3.31. The van der Waals surface area contributed by atoms with Gasteiger partial charge in [0.15, 0.2) is 0 Å². The molecule has 6 heteroatoms. The summed E-state index contributed by atoms with van der Waals surface area (Å²) in [6, 6.07) is 7.55. The van der Waals surface area contributed by atoms with Gasteiger partial charge in [0.05, 0.1) is 6.04 Å². The van der Waals surface area contributed by atoms with Crippen molar-refractivity contribution in [3.8, 4) is 0 Å². The molecule has 3 heterocycles. The van der Waals surface area contributed by atoms with Gasteiger partial charge in [0.1, 0.15) is 5.60 Å². The quantitative estimate of drug-likeness (QED) is 0.705. The molecule has 30 heavy (non-hydrogen) atoms. The van der Waals surface area contributed by atoms with Crippen LogP contribution < -0.4 is 9.80 Å². The zero-order chi connectivity index (χ0) is 21.6. The molecule has 5 atom stereocenters. The highest BCUT2D eigenvalue weighted by Crippen LogP contribution is 2.65. The lowest BCUT2D eigenvalue weighted by Gasteiger charge is -2.46. The lowest BCUT2D eigenvalue weighted by atomic mass is 9.87. The summed E-state index contributed by atoms with van der Waals surface area (Å²) in [5, 5.41) is 0. The molecule has 1 aromatic rings. The second-order valence-electron chi connectivity index (χ2n) is 10.9. The fraction of sp³-hybridized carbons (Fsp3) is 0.667. The van der Waals surface area contributed by atoms with E-state index in [1.165, 1.54) is 11.3 Å². The summed E-state index contributed by atoms with van der Waals surface area (Å²) < 4.78 is 5.62. The van der Waals surface area contributed by atoms with E-state index >= 15 is 0 Å². The average molecular weight is 412 g/mol. The highest BCUT2D eigenvalue weighted by Gasteiger charge is 2.75. The Morgan fingerprint density at radius 3 is 2.57 bits per heavy atom. The van der Waals surface area contributed by atoms with Crippen LogP contribution in [0.4, 0.5) is 16.2 Å². The Kier molecular flexibility index (Phi) is 4.04. The molecule has 0 radical (unpaired) electrons. The van der Waals surface area contributed by atoms with Crippen LogP contribution in [0.25, 0.3) is 0 Å². The predicted molar refractivity (Wildman–Crippen MR) is 117 cm³/mol. The summed E-state index contributed by atoms with van der Waals surface area (Å²) in [5.74, 6) is 0.540. The van der Waals surface area contributed by atoms with E-state index in [0.717, 1.165) is 31.6 Å². The van der Waals surface area contributed by atoms with Gasteiger partial charge in [-0.05, 0) is 70.2 Å². The largest absolute Gasteiger partial charge is 0.444 e. The SMILES string of the molecule is CC(=O)N1c2ccc(N3CC4N(C(=O)OC(C)(C)C)CC45CC35)cc2C[C@@H](C)[C@@H]1C. The van der Waals surface area contributed by atoms with Gasteiger partial charge in [-0.15, -0.1) is 0 Å². The van der Waals surface area contributed by atoms with E-state index < -0.39 is 5.60 Å². The Labute approximate surface area is 179 Å². The highest BCUT2D eigenvalue weighted by molar-refractivity contribution is 5.94. The fourth-order valence-electron chi connectivity index (χ4n) is 5.97. The summed E-state index contributed by atoms with van der Waals surface area (Å²) in [5.41, 5.74) is 3.33. The number of likely N-dealkylation sites (tertiary alicyclic amines) is 1. The maximum absolute atomic E-state index is 12.6. The minimum atomic E-state index is -0.462. The number of rotatable bonds is 1. The summed E-state index contributed by atoms with van der Waals surface area (Å²) in [6.07, 6.45) is 1.96. The van der Waals surface area contributed by atoms with E-state index in [-0.39, 0.29) is 29.5 Å². The van der Waals surface area contributed by atoms with Crippen molar-refractivity contribution in [2.24, 2.45) is 11.3 Å². The molecular formula is C24H33N3O3. The smallest absolute Gasteiger partial charge is 0.410 e. The number of piperidine rings is 1. The molecule has 0 bridgehead atoms. The molecular weight excluding hydrogens is 378 g/mol. The van der Waals surface area contributed by atoms with Gasteiger partial charge in [-0.1, -0.05) is 6.92 Å². The van der Waals surface area contributed by atoms with Crippen LogP contribution in [0.3, 0.4) is 0 Å². The van der Waals surface area contributed by atoms with Crippen molar-refractivity contribution in [1.82, 2.24) is 4.90 Å². The van der Waals surface area contributed by atoms with Gasteiger partial charge in [0.2, 0.25) is 5.91 Å². The molecule has 2 amide bonds. The van der Waals surface area contributed by atoms with E-state index in [1.54, 1.807) is 6.92 Å². The molecule has 3 fully saturated rings. The molecule has 4 aliphatic rings. The number of carbonyl (C=O) groups excluding carboxylic acids is 2. The molecule has 5 rings (SSSR count). The molecule has 1 aromatic carbocycles. The molecule has 6 nitrogen and oxygen atoms in total. The van der Waals surface area contributed by atoms with Crippen molar-refractivity contribution >= 4 is 23.4 Å². The van der Waals surface area contributed by atoms with Gasteiger partial charge in [-0.25, -0.2) is 4.79 Å². The molecule has 1 saturated carbocycles. The van der Waals surface area contributed by atoms with Gasteiger partial charge >= 0.3 is 6.09 Å². The summed E-state index contributed by atoms with van der Waals surface area (Å²) in [4.78, 5) is 31.2. The van der Waals surface area contributed by atoms with E-state index in [0.29, 0.717) is 12.0 Å². The van der Waals surface area contributed by atoms with Gasteiger partial charge in [-0.2, -0.15) is 0 Å². The molecule has 3 aliphatic heterocycles. The minimum absolute atomic E-state index is 0.108. The lowest BCUT2D eigenvalue weighted by Crippen LogP contribution is -2.61. The maximum atomic E-state index is 12.6. The second kappa shape index (κ2) is 6.14. The number of fused-ring (bicyclic) bond motifs is 1. The van der Waals surface area contributed by atoms with Gasteiger partial charge in [-0.3, -0.25) is 4.79 Å². The van der Waals surface area contributed by atoms with E-state index in [4.69, 9.17) is 4.74 Å². The van der Waals surface area contributed by atoms with Crippen LogP contribution in [0.1, 0.15) is 53.5 Å². The van der Waals surface area contributed by atoms with Gasteiger partial charge < -0.3 is 19.4 Å². The van der Waals surface area contributed by atoms with E-state index in [9.17, 15) is 9.59 Å². The first-order chi connectivity index (χ1) is 14.0. The minimum Gasteiger partial charge on any atom is -0.444 e. The molecule has 162 valence electrons. The number of hydrogen-bond donors (Lipinski definition) is 0. The number of carbonyl (C=O) groups is 2. The number of amides is 2. The summed E-state index contributed by atoms with van der Waals surface area (Å²) in [7, 11) is 0. The monoisotopic (exact) mass is 411 g/mol. The van der Waals surface area contributed by atoms with Crippen molar-refractivity contribution in [1.29, 1.82) is 0 Å². The van der Waals surface area contributed by atoms with Crippen molar-refractivity contribution in [2.45, 2.75) is 78.1 Å². The molecule has 0 N–H and O–H groups in total. The standard InChI is InChI=1S/C24H33N3O3/c1-14-9-17-10-18(7-8-19(17)27(15(14)2)16(3)28)25-12-21-24(11-20(24)25)13-26(21)22(29)30-23(4,5)6/h7-8,10,14-15,20-21H,9,11-13H2,1-6H3/t14-,15+,20?,21?,24?/m1/s1. The molecule has 1 spiro atoms. The topological polar surface area (TPSA) is 53.1 Å². The second-order valence-corrected chi connectivity index (χ2v) is 10.9. The van der Waals surface area contributed by atoms with Gasteiger partial charge in [0, 0.05) is 48.9 Å². The Morgan fingerprint density at radius 2 is 1.90 bits per heavy atom. The Balaban J connectivity index is 1.37. The molecule has 3 unspecified atom stereocenters. The molecule has 0 aromatic heterocycles. The number of hydrogen-bond acceptors (Lipinski definition) is 4. The van der Waals surface area contributed by atoms with Crippen LogP contribution in [-0.2, 0) is 16.0 Å². The number of nitrogens with zero attached hydrogens (tertiary/aromatic N) is 3. The van der Waals surface area contributed by atoms with Crippen LogP contribution in [0.2, 0.25) is 0 Å². The maximum Gasteiger partial charge on any atom is 0.410 e. The zero-order valence-corrected chi connectivity index (χ0v) is 18.9. The van der Waals surface area contributed by atoms with Crippen LogP contribution >= 0.6 is 0 Å². The predicted octanol–water partition coefficient (Wildman–Crippen LogP) is 3.82. The highest BCUT2D eigenvalue weighted by atomic mass is 16.6. The van der Waals surface area contributed by atoms with Crippen LogP contribution in [-0.4, -0.2) is 53.7 Å². The van der Waals surface area contributed by atoms with Crippen molar-refractivity contribution in [2.75, 3.05) is 22.9 Å². The van der Waals surface area contributed by atoms with Crippen molar-refractivity contribution < 1.29 is 14.3 Å². The summed E-state index contributed by atoms with van der Waals surface area (Å²) in [6.45, 7) is 13.4. The first-order valence-corrected chi connectivity index (χ1v) is 11.2. The third kappa shape index (κ3) is 2.75. The molecule has 2 saturated heterocycles. The third-order valence-electron chi connectivity index (χ3n) is 7.72. The first kappa shape index (κ1) is 19.7.